The van der Waals surface area contributed by atoms with E-state index in [1.165, 1.54) is 6.07 Å². The molecule has 5 nitrogen and oxygen atoms in total. The highest BCUT2D eigenvalue weighted by Gasteiger charge is 2.11. The molecular weight excluding hydrogens is 256 g/mol. The summed E-state index contributed by atoms with van der Waals surface area (Å²) in [5.41, 5.74) is 0.950. The Labute approximate surface area is 117 Å². The molecule has 0 unspecified atom stereocenters. The number of amides is 1. The first-order valence-electron chi connectivity index (χ1n) is 6.20. The topological polar surface area (TPSA) is 62.7 Å². The lowest BCUT2D eigenvalue weighted by Gasteiger charge is -2.17. The third kappa shape index (κ3) is 3.71. The molecule has 20 heavy (non-hydrogen) atoms. The van der Waals surface area contributed by atoms with E-state index in [9.17, 15) is 9.90 Å². The number of benzene rings is 1. The van der Waals surface area contributed by atoms with Gasteiger partial charge in [0.15, 0.2) is 18.1 Å². The molecule has 1 N–H and O–H groups in total. The van der Waals surface area contributed by atoms with Gasteiger partial charge in [0.05, 0.1) is 0 Å². The average molecular weight is 272 g/mol. The SMILES string of the molecule is CN(Cc1cccnc1)C(=O)COc1ccccc1O. The van der Waals surface area contributed by atoms with E-state index in [1.54, 1.807) is 42.5 Å². The number of phenolic OH excluding ortho intramolecular Hbond substituents is 1. The van der Waals surface area contributed by atoms with Crippen molar-refractivity contribution in [2.75, 3.05) is 13.7 Å². The van der Waals surface area contributed by atoms with Crippen LogP contribution in [0.3, 0.4) is 0 Å². The molecule has 0 aliphatic carbocycles. The Kier molecular flexibility index (Phi) is 4.55. The monoisotopic (exact) mass is 272 g/mol. The number of carbonyl (C=O) groups is 1. The summed E-state index contributed by atoms with van der Waals surface area (Å²) in [6, 6.07) is 10.3. The molecule has 1 heterocycles. The van der Waals surface area contributed by atoms with Crippen molar-refractivity contribution in [3.8, 4) is 11.5 Å². The number of aromatic nitrogens is 1. The highest BCUT2D eigenvalue weighted by atomic mass is 16.5. The van der Waals surface area contributed by atoms with Crippen LogP contribution in [0.5, 0.6) is 11.5 Å². The lowest BCUT2D eigenvalue weighted by molar-refractivity contribution is -0.132. The molecule has 0 spiro atoms. The summed E-state index contributed by atoms with van der Waals surface area (Å²) >= 11 is 0. The van der Waals surface area contributed by atoms with Crippen molar-refractivity contribution >= 4 is 5.91 Å². The fourth-order valence-corrected chi connectivity index (χ4v) is 1.68. The summed E-state index contributed by atoms with van der Waals surface area (Å²) in [6.45, 7) is 0.352. The molecule has 0 aliphatic heterocycles. The predicted molar refractivity (Wildman–Crippen MR) is 74.3 cm³/mol. The first-order chi connectivity index (χ1) is 9.66. The van der Waals surface area contributed by atoms with Crippen LogP contribution in [0.2, 0.25) is 0 Å². The van der Waals surface area contributed by atoms with E-state index in [4.69, 9.17) is 4.74 Å². The molecule has 1 aromatic carbocycles. The van der Waals surface area contributed by atoms with E-state index < -0.39 is 0 Å². The number of nitrogens with zero attached hydrogens (tertiary/aromatic N) is 2. The van der Waals surface area contributed by atoms with Gasteiger partial charge in [-0.05, 0) is 23.8 Å². The van der Waals surface area contributed by atoms with Crippen molar-refractivity contribution in [3.63, 3.8) is 0 Å². The van der Waals surface area contributed by atoms with Gasteiger partial charge in [-0.1, -0.05) is 18.2 Å². The van der Waals surface area contributed by atoms with E-state index in [2.05, 4.69) is 4.98 Å². The molecule has 104 valence electrons. The van der Waals surface area contributed by atoms with E-state index in [1.807, 2.05) is 12.1 Å². The molecule has 0 saturated carbocycles. The first kappa shape index (κ1) is 13.9. The van der Waals surface area contributed by atoms with Crippen LogP contribution in [0.4, 0.5) is 0 Å². The van der Waals surface area contributed by atoms with Gasteiger partial charge >= 0.3 is 0 Å². The Balaban J connectivity index is 1.87. The molecule has 0 saturated heterocycles. The molecule has 1 aromatic heterocycles. The minimum absolute atomic E-state index is 0.0233. The Bertz CT molecular complexity index is 572. The standard InChI is InChI=1S/C15H16N2O3/c1-17(10-12-5-4-8-16-9-12)15(19)11-20-14-7-3-2-6-13(14)18/h2-9,18H,10-11H2,1H3. The average Bonchev–Trinajstić information content (AvgIpc) is 2.47. The summed E-state index contributed by atoms with van der Waals surface area (Å²) < 4.78 is 5.30. The Morgan fingerprint density at radius 2 is 2.10 bits per heavy atom. The fraction of sp³-hybridized carbons (Fsp3) is 0.200. The van der Waals surface area contributed by atoms with Crippen molar-refractivity contribution in [2.24, 2.45) is 0 Å². The van der Waals surface area contributed by atoms with Gasteiger partial charge in [-0.3, -0.25) is 9.78 Å². The fourth-order valence-electron chi connectivity index (χ4n) is 1.68. The second kappa shape index (κ2) is 6.56. The first-order valence-corrected chi connectivity index (χ1v) is 6.20. The van der Waals surface area contributed by atoms with Gasteiger partial charge in [0.25, 0.3) is 5.91 Å². The number of hydrogen-bond acceptors (Lipinski definition) is 4. The molecule has 0 radical (unpaired) electrons. The maximum absolute atomic E-state index is 11.9. The molecule has 0 bridgehead atoms. The highest BCUT2D eigenvalue weighted by Crippen LogP contribution is 2.24. The van der Waals surface area contributed by atoms with Gasteiger partial charge in [0, 0.05) is 26.0 Å². The van der Waals surface area contributed by atoms with Crippen LogP contribution >= 0.6 is 0 Å². The largest absolute Gasteiger partial charge is 0.504 e. The predicted octanol–water partition coefficient (Wildman–Crippen LogP) is 1.82. The Morgan fingerprint density at radius 1 is 1.30 bits per heavy atom. The van der Waals surface area contributed by atoms with Crippen molar-refractivity contribution in [2.45, 2.75) is 6.54 Å². The lowest BCUT2D eigenvalue weighted by atomic mass is 10.3. The molecule has 1 amide bonds. The van der Waals surface area contributed by atoms with Crippen molar-refractivity contribution in [1.29, 1.82) is 0 Å². The van der Waals surface area contributed by atoms with Crippen LogP contribution < -0.4 is 4.74 Å². The van der Waals surface area contributed by atoms with Crippen LogP contribution in [0, 0.1) is 0 Å². The number of rotatable bonds is 5. The van der Waals surface area contributed by atoms with E-state index in [-0.39, 0.29) is 18.3 Å². The van der Waals surface area contributed by atoms with E-state index >= 15 is 0 Å². The van der Waals surface area contributed by atoms with Crippen molar-refractivity contribution < 1.29 is 14.6 Å². The summed E-state index contributed by atoms with van der Waals surface area (Å²) in [7, 11) is 1.70. The number of carbonyl (C=O) groups excluding carboxylic acids is 1. The molecule has 5 heteroatoms. The lowest BCUT2D eigenvalue weighted by Crippen LogP contribution is -2.30. The summed E-state index contributed by atoms with van der Waals surface area (Å²) in [5, 5.41) is 9.54. The summed E-state index contributed by atoms with van der Waals surface area (Å²) in [6.07, 6.45) is 3.40. The van der Waals surface area contributed by atoms with Crippen LogP contribution in [-0.2, 0) is 11.3 Å². The number of pyridine rings is 1. The molecule has 0 aliphatic rings. The van der Waals surface area contributed by atoms with Gasteiger partial charge in [-0.15, -0.1) is 0 Å². The van der Waals surface area contributed by atoms with Crippen molar-refractivity contribution in [3.05, 3.63) is 54.4 Å². The van der Waals surface area contributed by atoms with Gasteiger partial charge in [0.2, 0.25) is 0 Å². The normalized spacial score (nSPS) is 10.1. The second-order valence-corrected chi connectivity index (χ2v) is 4.37. The van der Waals surface area contributed by atoms with E-state index in [0.29, 0.717) is 12.3 Å². The van der Waals surface area contributed by atoms with Crippen molar-refractivity contribution in [1.82, 2.24) is 9.88 Å². The highest BCUT2D eigenvalue weighted by molar-refractivity contribution is 5.77. The summed E-state index contributed by atoms with van der Waals surface area (Å²) in [5.74, 6) is 0.156. The van der Waals surface area contributed by atoms with Crippen LogP contribution in [0.15, 0.2) is 48.8 Å². The van der Waals surface area contributed by atoms with Gasteiger partial charge in [-0.2, -0.15) is 0 Å². The second-order valence-electron chi connectivity index (χ2n) is 4.37. The van der Waals surface area contributed by atoms with Gasteiger partial charge in [0.1, 0.15) is 0 Å². The number of phenols is 1. The number of ether oxygens (including phenoxy) is 1. The summed E-state index contributed by atoms with van der Waals surface area (Å²) in [4.78, 5) is 17.5. The maximum Gasteiger partial charge on any atom is 0.260 e. The third-order valence-electron chi connectivity index (χ3n) is 2.78. The number of para-hydroxylation sites is 2. The van der Waals surface area contributed by atoms with Gasteiger partial charge in [-0.25, -0.2) is 0 Å². The third-order valence-corrected chi connectivity index (χ3v) is 2.78. The maximum atomic E-state index is 11.9. The number of likely N-dealkylation sites (N-methyl/N-ethyl adjacent to an activating group) is 1. The minimum Gasteiger partial charge on any atom is -0.504 e. The molecule has 2 rings (SSSR count). The smallest absolute Gasteiger partial charge is 0.260 e. The molecular formula is C15H16N2O3. The zero-order valence-electron chi connectivity index (χ0n) is 11.2. The van der Waals surface area contributed by atoms with Crippen LogP contribution in [-0.4, -0.2) is 34.6 Å². The van der Waals surface area contributed by atoms with Gasteiger partial charge < -0.3 is 14.7 Å². The van der Waals surface area contributed by atoms with Crippen LogP contribution in [0.25, 0.3) is 0 Å². The Hall–Kier alpha value is -2.56. The zero-order valence-corrected chi connectivity index (χ0v) is 11.2. The molecule has 2 aromatic rings. The van der Waals surface area contributed by atoms with E-state index in [0.717, 1.165) is 5.56 Å². The number of hydrogen-bond donors (Lipinski definition) is 1. The molecule has 0 fully saturated rings. The quantitative estimate of drug-likeness (QED) is 0.902. The van der Waals surface area contributed by atoms with Crippen LogP contribution in [0.1, 0.15) is 5.56 Å². The number of aromatic hydroxyl groups is 1. The Morgan fingerprint density at radius 3 is 2.80 bits per heavy atom. The minimum atomic E-state index is -0.169. The molecule has 0 atom stereocenters. The zero-order chi connectivity index (χ0) is 14.4.